The summed E-state index contributed by atoms with van der Waals surface area (Å²) >= 11 is 6.15. The van der Waals surface area contributed by atoms with Crippen LogP contribution in [0.3, 0.4) is 0 Å². The minimum Gasteiger partial charge on any atom is -0.383 e. The van der Waals surface area contributed by atoms with E-state index in [4.69, 9.17) is 11.6 Å². The molecule has 2 atom stereocenters. The Labute approximate surface area is 131 Å². The third-order valence-corrected chi connectivity index (χ3v) is 4.57. The molecular formula is C17H22ClN3. The summed E-state index contributed by atoms with van der Waals surface area (Å²) in [7, 11) is 0. The van der Waals surface area contributed by atoms with Gasteiger partial charge in [-0.2, -0.15) is 5.10 Å². The Morgan fingerprint density at radius 3 is 3.05 bits per heavy atom. The Morgan fingerprint density at radius 2 is 2.29 bits per heavy atom. The van der Waals surface area contributed by atoms with Gasteiger partial charge in [0.2, 0.25) is 0 Å². The molecule has 1 heterocycles. The molecule has 0 radical (unpaired) electrons. The van der Waals surface area contributed by atoms with Gasteiger partial charge in [-0.15, -0.1) is 0 Å². The highest BCUT2D eigenvalue weighted by atomic mass is 35.5. The maximum absolute atomic E-state index is 6.15. The smallest absolute Gasteiger partial charge is 0.0877 e. The van der Waals surface area contributed by atoms with Crippen LogP contribution in [0.15, 0.2) is 36.7 Å². The molecule has 0 bridgehead atoms. The summed E-state index contributed by atoms with van der Waals surface area (Å²) in [5.41, 5.74) is 2.11. The van der Waals surface area contributed by atoms with Crippen molar-refractivity contribution in [1.29, 1.82) is 0 Å². The van der Waals surface area contributed by atoms with Crippen LogP contribution in [0.5, 0.6) is 0 Å². The van der Waals surface area contributed by atoms with E-state index in [9.17, 15) is 0 Å². The Morgan fingerprint density at radius 1 is 1.38 bits per heavy atom. The molecule has 1 fully saturated rings. The fourth-order valence-corrected chi connectivity index (χ4v) is 3.43. The van der Waals surface area contributed by atoms with Crippen molar-refractivity contribution in [2.24, 2.45) is 11.8 Å². The highest BCUT2D eigenvalue weighted by molar-refractivity contribution is 6.31. The summed E-state index contributed by atoms with van der Waals surface area (Å²) in [6.45, 7) is 3.37. The molecule has 0 aliphatic heterocycles. The quantitative estimate of drug-likeness (QED) is 0.882. The summed E-state index contributed by atoms with van der Waals surface area (Å²) in [6, 6.07) is 7.85. The summed E-state index contributed by atoms with van der Waals surface area (Å²) in [6.07, 6.45) is 9.14. The fraction of sp³-hybridized carbons (Fsp3) is 0.471. The largest absolute Gasteiger partial charge is 0.383 e. The highest BCUT2D eigenvalue weighted by Crippen LogP contribution is 2.30. The van der Waals surface area contributed by atoms with Gasteiger partial charge in [-0.25, -0.2) is 4.68 Å². The standard InChI is InChI=1S/C17H22ClN3/c1-13-4-2-5-14(10-13)12-19-16-11-15(18)6-7-17(16)21-9-3-8-20-21/h3,6-9,11,13-14,19H,2,4-5,10,12H2,1H3. The maximum atomic E-state index is 6.15. The first-order valence-corrected chi connectivity index (χ1v) is 8.13. The van der Waals surface area contributed by atoms with Crippen molar-refractivity contribution < 1.29 is 0 Å². The Bertz CT molecular complexity index is 580. The van der Waals surface area contributed by atoms with Crippen LogP contribution >= 0.6 is 11.6 Å². The molecular weight excluding hydrogens is 282 g/mol. The number of aromatic nitrogens is 2. The van der Waals surface area contributed by atoms with Crippen LogP contribution in [0, 0.1) is 11.8 Å². The molecule has 1 aromatic carbocycles. The molecule has 1 aliphatic rings. The molecule has 4 heteroatoms. The summed E-state index contributed by atoms with van der Waals surface area (Å²) in [5, 5.41) is 8.66. The predicted octanol–water partition coefficient (Wildman–Crippen LogP) is 4.76. The molecule has 0 spiro atoms. The minimum absolute atomic E-state index is 0.755. The van der Waals surface area contributed by atoms with E-state index in [0.29, 0.717) is 0 Å². The summed E-state index contributed by atoms with van der Waals surface area (Å²) in [5.74, 6) is 1.62. The van der Waals surface area contributed by atoms with E-state index in [1.54, 1.807) is 6.20 Å². The lowest BCUT2D eigenvalue weighted by Crippen LogP contribution is -2.21. The lowest BCUT2D eigenvalue weighted by Gasteiger charge is -2.27. The van der Waals surface area contributed by atoms with Gasteiger partial charge in [0.25, 0.3) is 0 Å². The summed E-state index contributed by atoms with van der Waals surface area (Å²) in [4.78, 5) is 0. The van der Waals surface area contributed by atoms with Crippen LogP contribution in [0.4, 0.5) is 5.69 Å². The number of rotatable bonds is 4. The van der Waals surface area contributed by atoms with Crippen LogP contribution in [-0.2, 0) is 0 Å². The van der Waals surface area contributed by atoms with Gasteiger partial charge < -0.3 is 5.32 Å². The number of halogens is 1. The molecule has 1 aliphatic carbocycles. The van der Waals surface area contributed by atoms with E-state index in [1.807, 2.05) is 35.1 Å². The van der Waals surface area contributed by atoms with Gasteiger partial charge in [0.05, 0.1) is 11.4 Å². The number of hydrogen-bond acceptors (Lipinski definition) is 2. The fourth-order valence-electron chi connectivity index (χ4n) is 3.26. The topological polar surface area (TPSA) is 29.9 Å². The zero-order chi connectivity index (χ0) is 14.7. The Balaban J connectivity index is 1.73. The van der Waals surface area contributed by atoms with Gasteiger partial charge >= 0.3 is 0 Å². The average molecular weight is 304 g/mol. The monoisotopic (exact) mass is 303 g/mol. The van der Waals surface area contributed by atoms with Crippen molar-refractivity contribution in [2.75, 3.05) is 11.9 Å². The van der Waals surface area contributed by atoms with Gasteiger partial charge in [-0.05, 0) is 48.9 Å². The van der Waals surface area contributed by atoms with Crippen molar-refractivity contribution in [3.05, 3.63) is 41.7 Å². The highest BCUT2D eigenvalue weighted by Gasteiger charge is 2.19. The molecule has 2 aromatic rings. The minimum atomic E-state index is 0.755. The zero-order valence-corrected chi connectivity index (χ0v) is 13.2. The second-order valence-electron chi connectivity index (χ2n) is 6.13. The van der Waals surface area contributed by atoms with Crippen molar-refractivity contribution in [2.45, 2.75) is 32.6 Å². The van der Waals surface area contributed by atoms with Gasteiger partial charge in [0.15, 0.2) is 0 Å². The van der Waals surface area contributed by atoms with E-state index in [-0.39, 0.29) is 0 Å². The van der Waals surface area contributed by atoms with Crippen molar-refractivity contribution in [3.63, 3.8) is 0 Å². The third-order valence-electron chi connectivity index (χ3n) is 4.34. The Kier molecular flexibility index (Phi) is 4.49. The molecule has 21 heavy (non-hydrogen) atoms. The molecule has 0 amide bonds. The van der Waals surface area contributed by atoms with Gasteiger partial charge in [-0.3, -0.25) is 0 Å². The summed E-state index contributed by atoms with van der Waals surface area (Å²) < 4.78 is 1.88. The third kappa shape index (κ3) is 3.59. The second kappa shape index (κ2) is 6.52. The number of hydrogen-bond donors (Lipinski definition) is 1. The van der Waals surface area contributed by atoms with E-state index in [1.165, 1.54) is 25.7 Å². The van der Waals surface area contributed by atoms with Crippen LogP contribution in [-0.4, -0.2) is 16.3 Å². The molecule has 112 valence electrons. The first-order chi connectivity index (χ1) is 10.2. The Hall–Kier alpha value is -1.48. The van der Waals surface area contributed by atoms with E-state index in [0.717, 1.165) is 34.8 Å². The SMILES string of the molecule is CC1CCCC(CNc2cc(Cl)ccc2-n2cccn2)C1. The maximum Gasteiger partial charge on any atom is 0.0877 e. The zero-order valence-electron chi connectivity index (χ0n) is 12.4. The van der Waals surface area contributed by atoms with Crippen LogP contribution in [0.1, 0.15) is 32.6 Å². The molecule has 1 saturated carbocycles. The normalized spacial score (nSPS) is 22.2. The van der Waals surface area contributed by atoms with E-state index in [2.05, 4.69) is 17.3 Å². The van der Waals surface area contributed by atoms with Gasteiger partial charge in [0, 0.05) is 24.0 Å². The first kappa shape index (κ1) is 14.5. The van der Waals surface area contributed by atoms with Crippen LogP contribution in [0.2, 0.25) is 5.02 Å². The van der Waals surface area contributed by atoms with Gasteiger partial charge in [-0.1, -0.05) is 31.4 Å². The van der Waals surface area contributed by atoms with Crippen LogP contribution in [0.25, 0.3) is 5.69 Å². The molecule has 1 aromatic heterocycles. The van der Waals surface area contributed by atoms with Crippen molar-refractivity contribution in [3.8, 4) is 5.69 Å². The molecule has 3 nitrogen and oxygen atoms in total. The van der Waals surface area contributed by atoms with Gasteiger partial charge in [0.1, 0.15) is 0 Å². The number of anilines is 1. The molecule has 2 unspecified atom stereocenters. The number of nitrogens with zero attached hydrogens (tertiary/aromatic N) is 2. The average Bonchev–Trinajstić information content (AvgIpc) is 2.99. The van der Waals surface area contributed by atoms with Crippen molar-refractivity contribution >= 4 is 17.3 Å². The van der Waals surface area contributed by atoms with E-state index >= 15 is 0 Å². The second-order valence-corrected chi connectivity index (χ2v) is 6.57. The predicted molar refractivity (Wildman–Crippen MR) is 88.2 cm³/mol. The molecule has 1 N–H and O–H groups in total. The lowest BCUT2D eigenvalue weighted by molar-refractivity contribution is 0.293. The number of nitrogens with one attached hydrogen (secondary N) is 1. The molecule has 0 saturated heterocycles. The number of benzene rings is 1. The first-order valence-electron chi connectivity index (χ1n) is 7.76. The molecule has 3 rings (SSSR count). The van der Waals surface area contributed by atoms with E-state index < -0.39 is 0 Å². The lowest BCUT2D eigenvalue weighted by atomic mass is 9.82. The van der Waals surface area contributed by atoms with Crippen molar-refractivity contribution in [1.82, 2.24) is 9.78 Å². The van der Waals surface area contributed by atoms with Crippen LogP contribution < -0.4 is 5.32 Å².